The quantitative estimate of drug-likeness (QED) is 0.255. The first-order valence-electron chi connectivity index (χ1n) is 11.8. The number of rotatable bonds is 9. The van der Waals surface area contributed by atoms with Crippen LogP contribution in [0.25, 0.3) is 0 Å². The molecule has 0 bridgehead atoms. The predicted molar refractivity (Wildman–Crippen MR) is 148 cm³/mol. The van der Waals surface area contributed by atoms with E-state index in [0.29, 0.717) is 28.6 Å². The van der Waals surface area contributed by atoms with Crippen molar-refractivity contribution in [2.45, 2.75) is 13.3 Å². The monoisotopic (exact) mass is 567 g/mol. The maximum Gasteiger partial charge on any atom is 0.338 e. The van der Waals surface area contributed by atoms with Gasteiger partial charge in [-0.2, -0.15) is 0 Å². The molecule has 0 saturated heterocycles. The van der Waals surface area contributed by atoms with Crippen LogP contribution < -0.4 is 20.3 Å². The lowest BCUT2D eigenvalue weighted by molar-refractivity contribution is -0.120. The van der Waals surface area contributed by atoms with E-state index >= 15 is 0 Å². The Hall–Kier alpha value is -4.34. The van der Waals surface area contributed by atoms with E-state index in [1.54, 1.807) is 48.5 Å². The maximum atomic E-state index is 13.2. The number of methoxy groups -OCH3 is 1. The van der Waals surface area contributed by atoms with Gasteiger partial charge in [0.1, 0.15) is 16.5 Å². The van der Waals surface area contributed by atoms with Crippen molar-refractivity contribution in [2.24, 2.45) is 0 Å². The Bertz CT molecular complexity index is 1490. The van der Waals surface area contributed by atoms with Crippen molar-refractivity contribution in [1.82, 2.24) is 0 Å². The average molecular weight is 568 g/mol. The van der Waals surface area contributed by atoms with Crippen LogP contribution in [0.2, 0.25) is 5.02 Å². The summed E-state index contributed by atoms with van der Waals surface area (Å²) < 4.78 is 10.4. The number of nitrogens with one attached hydrogen (secondary N) is 2. The van der Waals surface area contributed by atoms with E-state index in [2.05, 4.69) is 10.6 Å². The number of hydrogen-bond donors (Lipinski definition) is 2. The molecule has 3 aromatic rings. The Balaban J connectivity index is 1.48. The molecule has 0 spiro atoms. The Morgan fingerprint density at radius 1 is 0.897 bits per heavy atom. The number of halogens is 2. The number of nitrogens with zero attached hydrogens (tertiary/aromatic N) is 1. The van der Waals surface area contributed by atoms with Gasteiger partial charge >= 0.3 is 5.97 Å². The predicted octanol–water partition coefficient (Wildman–Crippen LogP) is 5.60. The number of benzene rings is 3. The van der Waals surface area contributed by atoms with Crippen molar-refractivity contribution >= 4 is 64.0 Å². The van der Waals surface area contributed by atoms with Crippen molar-refractivity contribution in [1.29, 1.82) is 0 Å². The zero-order valence-electron chi connectivity index (χ0n) is 20.9. The van der Waals surface area contributed by atoms with E-state index < -0.39 is 23.7 Å². The third-order valence-electron chi connectivity index (χ3n) is 5.62. The molecule has 0 aliphatic carbocycles. The van der Waals surface area contributed by atoms with Crippen LogP contribution in [0.5, 0.6) is 5.75 Å². The molecule has 0 aromatic heterocycles. The lowest BCUT2D eigenvalue weighted by atomic mass is 10.1. The van der Waals surface area contributed by atoms with Crippen LogP contribution >= 0.6 is 23.2 Å². The molecule has 2 N–H and O–H groups in total. The number of ether oxygens (including phenoxy) is 2. The molecule has 39 heavy (non-hydrogen) atoms. The molecule has 3 amide bonds. The highest BCUT2D eigenvalue weighted by Crippen LogP contribution is 2.37. The van der Waals surface area contributed by atoms with Gasteiger partial charge in [-0.25, -0.2) is 9.69 Å². The Kier molecular flexibility index (Phi) is 8.53. The molecule has 0 saturated carbocycles. The molecule has 1 heterocycles. The molecular formula is C28H23Cl2N3O6. The summed E-state index contributed by atoms with van der Waals surface area (Å²) in [5, 5.41) is 5.57. The standard InChI is InChI=1S/C28H23Cl2N3O6/c1-3-13-39-28(37)16-7-10-19(11-8-16)32-25(34)17-5-4-6-20(14-17)31-24-23(30)26(35)33(27(24)36)21-15-18(29)9-12-22(21)38-2/h4-12,14-15,31H,3,13H2,1-2H3,(H,32,34). The molecule has 0 radical (unpaired) electrons. The SMILES string of the molecule is CCCOC(=O)c1ccc(NC(=O)c2cccc(NC3=C(Cl)C(=O)N(c4cc(Cl)ccc4OC)C3=O)c2)cc1. The second-order valence-corrected chi connectivity index (χ2v) is 9.14. The van der Waals surface area contributed by atoms with E-state index in [-0.39, 0.29) is 27.7 Å². The van der Waals surface area contributed by atoms with Gasteiger partial charge < -0.3 is 20.1 Å². The molecule has 11 heteroatoms. The zero-order chi connectivity index (χ0) is 28.1. The number of imide groups is 1. The number of carbonyl (C=O) groups is 4. The third-order valence-corrected chi connectivity index (χ3v) is 6.20. The topological polar surface area (TPSA) is 114 Å². The lowest BCUT2D eigenvalue weighted by Gasteiger charge is -2.18. The molecule has 4 rings (SSSR count). The number of amides is 3. The molecule has 9 nitrogen and oxygen atoms in total. The summed E-state index contributed by atoms with van der Waals surface area (Å²) >= 11 is 12.3. The van der Waals surface area contributed by atoms with Crippen LogP contribution in [-0.4, -0.2) is 37.4 Å². The third kappa shape index (κ3) is 6.05. The normalized spacial score (nSPS) is 13.0. The second-order valence-electron chi connectivity index (χ2n) is 8.32. The van der Waals surface area contributed by atoms with Gasteiger partial charge in [-0.15, -0.1) is 0 Å². The van der Waals surface area contributed by atoms with Crippen LogP contribution in [-0.2, 0) is 14.3 Å². The van der Waals surface area contributed by atoms with Gasteiger partial charge in [0.15, 0.2) is 0 Å². The summed E-state index contributed by atoms with van der Waals surface area (Å²) in [5.74, 6) is -2.07. The first-order valence-corrected chi connectivity index (χ1v) is 12.6. The smallest absolute Gasteiger partial charge is 0.338 e. The summed E-state index contributed by atoms with van der Waals surface area (Å²) in [4.78, 5) is 51.8. The van der Waals surface area contributed by atoms with Crippen LogP contribution in [0, 0.1) is 0 Å². The van der Waals surface area contributed by atoms with Gasteiger partial charge in [0.2, 0.25) is 0 Å². The van der Waals surface area contributed by atoms with E-state index in [1.165, 1.54) is 25.3 Å². The lowest BCUT2D eigenvalue weighted by Crippen LogP contribution is -2.32. The molecule has 1 aliphatic heterocycles. The number of carbonyl (C=O) groups excluding carboxylic acids is 4. The van der Waals surface area contributed by atoms with Crippen LogP contribution in [0.15, 0.2) is 77.5 Å². The Morgan fingerprint density at radius 3 is 2.33 bits per heavy atom. The van der Waals surface area contributed by atoms with Crippen molar-refractivity contribution in [3.05, 3.63) is 93.6 Å². The van der Waals surface area contributed by atoms with Crippen LogP contribution in [0.1, 0.15) is 34.1 Å². The minimum atomic E-state index is -0.749. The molecule has 0 atom stereocenters. The highest BCUT2D eigenvalue weighted by Gasteiger charge is 2.40. The fourth-order valence-electron chi connectivity index (χ4n) is 3.72. The van der Waals surface area contributed by atoms with E-state index in [4.69, 9.17) is 32.7 Å². The summed E-state index contributed by atoms with van der Waals surface area (Å²) in [5.41, 5.74) is 1.45. The Morgan fingerprint density at radius 2 is 1.64 bits per heavy atom. The second kappa shape index (κ2) is 12.0. The van der Waals surface area contributed by atoms with Gasteiger partial charge in [-0.05, 0) is 67.1 Å². The van der Waals surface area contributed by atoms with Crippen molar-refractivity contribution in [2.75, 3.05) is 29.3 Å². The minimum absolute atomic E-state index is 0.146. The number of esters is 1. The first-order chi connectivity index (χ1) is 18.7. The van der Waals surface area contributed by atoms with Gasteiger partial charge in [-0.1, -0.05) is 36.2 Å². The molecule has 0 unspecified atom stereocenters. The summed E-state index contributed by atoms with van der Waals surface area (Å²) in [7, 11) is 1.40. The molecule has 200 valence electrons. The number of hydrogen-bond acceptors (Lipinski definition) is 7. The summed E-state index contributed by atoms with van der Waals surface area (Å²) in [6, 6.07) is 17.1. The molecular weight excluding hydrogens is 545 g/mol. The maximum absolute atomic E-state index is 13.2. The van der Waals surface area contributed by atoms with Crippen molar-refractivity contribution in [3.63, 3.8) is 0 Å². The minimum Gasteiger partial charge on any atom is -0.495 e. The zero-order valence-corrected chi connectivity index (χ0v) is 22.4. The van der Waals surface area contributed by atoms with Crippen LogP contribution in [0.4, 0.5) is 17.1 Å². The highest BCUT2D eigenvalue weighted by molar-refractivity contribution is 6.53. The Labute approximate surface area is 234 Å². The number of anilines is 3. The van der Waals surface area contributed by atoms with E-state index in [9.17, 15) is 19.2 Å². The summed E-state index contributed by atoms with van der Waals surface area (Å²) in [6.07, 6.45) is 0.719. The van der Waals surface area contributed by atoms with E-state index in [1.807, 2.05) is 6.92 Å². The average Bonchev–Trinajstić information content (AvgIpc) is 3.14. The van der Waals surface area contributed by atoms with Gasteiger partial charge in [0.25, 0.3) is 17.7 Å². The van der Waals surface area contributed by atoms with Gasteiger partial charge in [0.05, 0.1) is 25.0 Å². The molecule has 3 aromatic carbocycles. The van der Waals surface area contributed by atoms with Crippen molar-refractivity contribution in [3.8, 4) is 5.75 Å². The van der Waals surface area contributed by atoms with E-state index in [0.717, 1.165) is 11.3 Å². The summed E-state index contributed by atoms with van der Waals surface area (Å²) in [6.45, 7) is 2.23. The highest BCUT2D eigenvalue weighted by atomic mass is 35.5. The van der Waals surface area contributed by atoms with Crippen LogP contribution in [0.3, 0.4) is 0 Å². The van der Waals surface area contributed by atoms with Crippen molar-refractivity contribution < 1.29 is 28.7 Å². The van der Waals surface area contributed by atoms with Gasteiger partial charge in [0, 0.05) is 22.0 Å². The fraction of sp³-hybridized carbons (Fsp3) is 0.143. The largest absolute Gasteiger partial charge is 0.495 e. The fourth-order valence-corrected chi connectivity index (χ4v) is 4.10. The first kappa shape index (κ1) is 27.7. The molecule has 1 aliphatic rings. The molecule has 0 fully saturated rings. The van der Waals surface area contributed by atoms with Gasteiger partial charge in [-0.3, -0.25) is 14.4 Å².